The molecule has 2 unspecified atom stereocenters. The van der Waals surface area contributed by atoms with Gasteiger partial charge in [0.1, 0.15) is 0 Å². The summed E-state index contributed by atoms with van der Waals surface area (Å²) in [5.41, 5.74) is 1.75. The molecule has 1 heterocycles. The highest BCUT2D eigenvalue weighted by Crippen LogP contribution is 2.26. The number of benzene rings is 1. The Balaban J connectivity index is 2.08. The molecule has 0 spiro atoms. The van der Waals surface area contributed by atoms with Gasteiger partial charge in [0.05, 0.1) is 11.6 Å². The van der Waals surface area contributed by atoms with Crippen molar-refractivity contribution in [2.45, 2.75) is 39.3 Å². The molecule has 2 atom stereocenters. The van der Waals surface area contributed by atoms with Gasteiger partial charge in [-0.1, -0.05) is 24.6 Å². The standard InChI is InChI=1S/C15H19ClN2/c1-11-5-6-18(12(2)7-11)10-14-4-3-13(9-17)8-15(14)16/h3-4,8,11-12H,5-7,10H2,1-2H3. The van der Waals surface area contributed by atoms with Gasteiger partial charge in [-0.05, 0) is 49.9 Å². The summed E-state index contributed by atoms with van der Waals surface area (Å²) in [6.45, 7) is 6.63. The minimum Gasteiger partial charge on any atom is -0.296 e. The van der Waals surface area contributed by atoms with E-state index < -0.39 is 0 Å². The van der Waals surface area contributed by atoms with E-state index in [2.05, 4.69) is 24.8 Å². The van der Waals surface area contributed by atoms with Gasteiger partial charge in [0, 0.05) is 17.6 Å². The van der Waals surface area contributed by atoms with Gasteiger partial charge >= 0.3 is 0 Å². The molecule has 0 aliphatic carbocycles. The lowest BCUT2D eigenvalue weighted by atomic mass is 9.93. The molecule has 2 rings (SSSR count). The molecule has 2 nitrogen and oxygen atoms in total. The summed E-state index contributed by atoms with van der Waals surface area (Å²) < 4.78 is 0. The first-order valence-electron chi connectivity index (χ1n) is 6.52. The summed E-state index contributed by atoms with van der Waals surface area (Å²) in [5.74, 6) is 0.827. The number of halogens is 1. The molecule has 1 saturated heterocycles. The molecule has 1 aliphatic rings. The zero-order valence-electron chi connectivity index (χ0n) is 11.0. The number of hydrogen-bond acceptors (Lipinski definition) is 2. The first kappa shape index (κ1) is 13.4. The maximum atomic E-state index is 8.83. The number of piperidine rings is 1. The van der Waals surface area contributed by atoms with Gasteiger partial charge in [-0.3, -0.25) is 4.90 Å². The van der Waals surface area contributed by atoms with Crippen molar-refractivity contribution in [1.82, 2.24) is 4.90 Å². The summed E-state index contributed by atoms with van der Waals surface area (Å²) in [5, 5.41) is 9.53. The third kappa shape index (κ3) is 3.04. The van der Waals surface area contributed by atoms with Crippen LogP contribution in [0, 0.1) is 17.2 Å². The third-order valence-electron chi connectivity index (χ3n) is 3.83. The second-order valence-corrected chi connectivity index (χ2v) is 5.77. The van der Waals surface area contributed by atoms with Gasteiger partial charge in [0.15, 0.2) is 0 Å². The molecular formula is C15H19ClN2. The van der Waals surface area contributed by atoms with Crippen LogP contribution >= 0.6 is 11.6 Å². The Kier molecular flexibility index (Phi) is 4.27. The number of nitrogens with zero attached hydrogens (tertiary/aromatic N) is 2. The molecule has 1 fully saturated rings. The normalized spacial score (nSPS) is 24.8. The monoisotopic (exact) mass is 262 g/mol. The highest BCUT2D eigenvalue weighted by Gasteiger charge is 2.23. The van der Waals surface area contributed by atoms with Gasteiger partial charge in [0.2, 0.25) is 0 Å². The summed E-state index contributed by atoms with van der Waals surface area (Å²) in [4.78, 5) is 2.48. The second-order valence-electron chi connectivity index (χ2n) is 5.37. The van der Waals surface area contributed by atoms with E-state index >= 15 is 0 Å². The molecule has 96 valence electrons. The summed E-state index contributed by atoms with van der Waals surface area (Å²) >= 11 is 6.23. The molecule has 0 bridgehead atoms. The van der Waals surface area contributed by atoms with E-state index in [4.69, 9.17) is 16.9 Å². The number of nitriles is 1. The topological polar surface area (TPSA) is 27.0 Å². The molecule has 18 heavy (non-hydrogen) atoms. The molecular weight excluding hydrogens is 244 g/mol. The first-order chi connectivity index (χ1) is 8.60. The summed E-state index contributed by atoms with van der Waals surface area (Å²) in [6, 6.07) is 8.31. The molecule has 1 aromatic rings. The molecule has 0 aromatic heterocycles. The van der Waals surface area contributed by atoms with Crippen molar-refractivity contribution in [3.63, 3.8) is 0 Å². The van der Waals surface area contributed by atoms with Crippen LogP contribution in [0.25, 0.3) is 0 Å². The Morgan fingerprint density at radius 3 is 2.83 bits per heavy atom. The lowest BCUT2D eigenvalue weighted by molar-refractivity contribution is 0.122. The van der Waals surface area contributed by atoms with Crippen molar-refractivity contribution >= 4 is 11.6 Å². The van der Waals surface area contributed by atoms with Crippen molar-refractivity contribution in [3.05, 3.63) is 34.3 Å². The van der Waals surface area contributed by atoms with Crippen molar-refractivity contribution < 1.29 is 0 Å². The fraction of sp³-hybridized carbons (Fsp3) is 0.533. The third-order valence-corrected chi connectivity index (χ3v) is 4.18. The second kappa shape index (κ2) is 5.73. The van der Waals surface area contributed by atoms with Crippen LogP contribution in [-0.4, -0.2) is 17.5 Å². The van der Waals surface area contributed by atoms with E-state index in [0.717, 1.165) is 24.6 Å². The highest BCUT2D eigenvalue weighted by atomic mass is 35.5. The van der Waals surface area contributed by atoms with Crippen LogP contribution in [0.4, 0.5) is 0 Å². The average Bonchev–Trinajstić information content (AvgIpc) is 2.34. The quantitative estimate of drug-likeness (QED) is 0.810. The predicted octanol–water partition coefficient (Wildman–Crippen LogP) is 3.83. The van der Waals surface area contributed by atoms with Gasteiger partial charge in [-0.25, -0.2) is 0 Å². The Morgan fingerprint density at radius 1 is 1.44 bits per heavy atom. The zero-order valence-corrected chi connectivity index (χ0v) is 11.7. The zero-order chi connectivity index (χ0) is 13.1. The lowest BCUT2D eigenvalue weighted by Crippen LogP contribution is -2.39. The first-order valence-corrected chi connectivity index (χ1v) is 6.90. The van der Waals surface area contributed by atoms with Crippen molar-refractivity contribution in [3.8, 4) is 6.07 Å². The Labute approximate surface area is 114 Å². The summed E-state index contributed by atoms with van der Waals surface area (Å²) in [7, 11) is 0. The molecule has 1 aliphatic heterocycles. The van der Waals surface area contributed by atoms with Crippen molar-refractivity contribution in [1.29, 1.82) is 5.26 Å². The molecule has 0 amide bonds. The van der Waals surface area contributed by atoms with Crippen LogP contribution in [0.15, 0.2) is 18.2 Å². The van der Waals surface area contributed by atoms with Gasteiger partial charge in [0.25, 0.3) is 0 Å². The van der Waals surface area contributed by atoms with Crippen molar-refractivity contribution in [2.75, 3.05) is 6.54 Å². The fourth-order valence-electron chi connectivity index (χ4n) is 2.65. The van der Waals surface area contributed by atoms with Gasteiger partial charge in [-0.15, -0.1) is 0 Å². The van der Waals surface area contributed by atoms with E-state index in [0.29, 0.717) is 16.6 Å². The minimum atomic E-state index is 0.612. The lowest BCUT2D eigenvalue weighted by Gasteiger charge is -2.36. The van der Waals surface area contributed by atoms with Gasteiger partial charge < -0.3 is 0 Å². The van der Waals surface area contributed by atoms with Crippen LogP contribution in [0.1, 0.15) is 37.8 Å². The fourth-order valence-corrected chi connectivity index (χ4v) is 2.89. The molecule has 1 aromatic carbocycles. The Morgan fingerprint density at radius 2 is 2.22 bits per heavy atom. The van der Waals surface area contributed by atoms with E-state index in [-0.39, 0.29) is 0 Å². The van der Waals surface area contributed by atoms with E-state index in [9.17, 15) is 0 Å². The van der Waals surface area contributed by atoms with Crippen LogP contribution < -0.4 is 0 Å². The smallest absolute Gasteiger partial charge is 0.0992 e. The maximum Gasteiger partial charge on any atom is 0.0992 e. The highest BCUT2D eigenvalue weighted by molar-refractivity contribution is 6.31. The van der Waals surface area contributed by atoms with Crippen LogP contribution in [0.5, 0.6) is 0 Å². The van der Waals surface area contributed by atoms with E-state index in [1.165, 1.54) is 12.8 Å². The largest absolute Gasteiger partial charge is 0.296 e. The Bertz CT molecular complexity index is 464. The average molecular weight is 263 g/mol. The van der Waals surface area contributed by atoms with E-state index in [1.807, 2.05) is 12.1 Å². The van der Waals surface area contributed by atoms with Crippen LogP contribution in [0.2, 0.25) is 5.02 Å². The number of likely N-dealkylation sites (tertiary alicyclic amines) is 1. The predicted molar refractivity (Wildman–Crippen MR) is 74.4 cm³/mol. The SMILES string of the molecule is CC1CCN(Cc2ccc(C#N)cc2Cl)C(C)C1. The Hall–Kier alpha value is -1.04. The molecule has 0 radical (unpaired) electrons. The van der Waals surface area contributed by atoms with Crippen molar-refractivity contribution in [2.24, 2.45) is 5.92 Å². The van der Waals surface area contributed by atoms with Gasteiger partial charge in [-0.2, -0.15) is 5.26 Å². The minimum absolute atomic E-state index is 0.612. The molecule has 0 saturated carbocycles. The van der Waals surface area contributed by atoms with E-state index in [1.54, 1.807) is 6.07 Å². The molecule has 3 heteroatoms. The molecule has 0 N–H and O–H groups in total. The van der Waals surface area contributed by atoms with Crippen LogP contribution in [-0.2, 0) is 6.54 Å². The number of hydrogen-bond donors (Lipinski definition) is 0. The summed E-state index contributed by atoms with van der Waals surface area (Å²) in [6.07, 6.45) is 2.52. The van der Waals surface area contributed by atoms with Crippen LogP contribution in [0.3, 0.4) is 0 Å². The maximum absolute atomic E-state index is 8.83. The number of rotatable bonds is 2.